The van der Waals surface area contributed by atoms with Gasteiger partial charge in [0, 0.05) is 0 Å². The number of cyclic esters (lactones) is 2. The van der Waals surface area contributed by atoms with Crippen LogP contribution in [0.1, 0.15) is 20.7 Å². The van der Waals surface area contributed by atoms with Gasteiger partial charge in [-0.25, -0.2) is 9.59 Å². The summed E-state index contributed by atoms with van der Waals surface area (Å²) in [5.74, 6) is -1.74. The maximum absolute atomic E-state index is 11.0. The van der Waals surface area contributed by atoms with Crippen LogP contribution in [-0.4, -0.2) is 54.5 Å². The first-order valence-electron chi connectivity index (χ1n) is 3.77. The third-order valence-corrected chi connectivity index (χ3v) is 2.76. The number of hydrogen-bond acceptors (Lipinski definition) is 5. The van der Waals surface area contributed by atoms with Crippen molar-refractivity contribution in [2.24, 2.45) is 0 Å². The molecule has 2 rings (SSSR count). The van der Waals surface area contributed by atoms with E-state index < -0.39 is 27.0 Å². The number of esters is 2. The fraction of sp³-hybridized carbons (Fsp3) is 0. The Morgan fingerprint density at radius 1 is 1.06 bits per heavy atom. The van der Waals surface area contributed by atoms with Gasteiger partial charge in [-0.15, -0.1) is 0 Å². The van der Waals surface area contributed by atoms with Gasteiger partial charge in [-0.2, -0.15) is 8.42 Å². The topological polar surface area (TPSA) is 97.7 Å². The molecule has 0 atom stereocenters. The Morgan fingerprint density at radius 2 is 1.62 bits per heavy atom. The molecule has 1 aliphatic heterocycles. The summed E-state index contributed by atoms with van der Waals surface area (Å²) in [5, 5.41) is 0. The van der Waals surface area contributed by atoms with E-state index in [1.54, 1.807) is 0 Å². The number of hydrogen-bond donors (Lipinski definition) is 1. The van der Waals surface area contributed by atoms with E-state index in [4.69, 9.17) is 4.55 Å². The average molecular weight is 252 g/mol. The monoisotopic (exact) mass is 252 g/mol. The Bertz CT molecular complexity index is 576. The second-order valence-corrected chi connectivity index (χ2v) is 4.28. The Hall–Kier alpha value is -0.730. The van der Waals surface area contributed by atoms with E-state index in [0.717, 1.165) is 18.2 Å². The number of rotatable bonds is 1. The van der Waals surface area contributed by atoms with Gasteiger partial charge in [0.2, 0.25) is 0 Å². The third kappa shape index (κ3) is 2.18. The van der Waals surface area contributed by atoms with Gasteiger partial charge in [-0.1, -0.05) is 0 Å². The normalized spacial score (nSPS) is 14.1. The molecule has 0 unspecified atom stereocenters. The van der Waals surface area contributed by atoms with Gasteiger partial charge < -0.3 is 4.74 Å². The summed E-state index contributed by atoms with van der Waals surface area (Å²) in [5.41, 5.74) is -0.164. The number of ether oxygens (including phenoxy) is 1. The van der Waals surface area contributed by atoms with E-state index >= 15 is 0 Å². The van der Waals surface area contributed by atoms with Gasteiger partial charge in [-0.3, -0.25) is 4.55 Å². The molecule has 1 aromatic carbocycles. The van der Waals surface area contributed by atoms with E-state index in [0.29, 0.717) is 0 Å². The van der Waals surface area contributed by atoms with Gasteiger partial charge in [0.1, 0.15) is 0 Å². The van der Waals surface area contributed by atoms with Crippen LogP contribution in [0.5, 0.6) is 0 Å². The van der Waals surface area contributed by atoms with Crippen molar-refractivity contribution in [2.45, 2.75) is 4.90 Å². The molecule has 0 radical (unpaired) electrons. The minimum atomic E-state index is -4.38. The van der Waals surface area contributed by atoms with Crippen molar-refractivity contribution in [2.75, 3.05) is 0 Å². The van der Waals surface area contributed by atoms with Crippen molar-refractivity contribution >= 4 is 51.6 Å². The number of carbonyl (C=O) groups excluding carboxylic acids is 2. The molecule has 0 saturated heterocycles. The zero-order valence-electron chi connectivity index (χ0n) is 7.13. The molecule has 0 amide bonds. The molecule has 1 aromatic rings. The van der Waals surface area contributed by atoms with E-state index in [2.05, 4.69) is 4.74 Å². The van der Waals surface area contributed by atoms with Crippen molar-refractivity contribution in [1.82, 2.24) is 0 Å². The summed E-state index contributed by atoms with van der Waals surface area (Å²) in [7, 11) is -4.38. The van der Waals surface area contributed by atoms with Crippen LogP contribution >= 0.6 is 0 Å². The van der Waals surface area contributed by atoms with E-state index in [9.17, 15) is 18.0 Å². The molecule has 0 fully saturated rings. The quantitative estimate of drug-likeness (QED) is 0.316. The van der Waals surface area contributed by atoms with Gasteiger partial charge in [0.25, 0.3) is 10.1 Å². The van der Waals surface area contributed by atoms with Crippen LogP contribution in [0.15, 0.2) is 23.1 Å². The fourth-order valence-electron chi connectivity index (χ4n) is 1.22. The Kier molecular flexibility index (Phi) is 3.56. The molecule has 0 saturated carbocycles. The Labute approximate surface area is 113 Å². The van der Waals surface area contributed by atoms with Gasteiger partial charge in [0.15, 0.2) is 0 Å². The van der Waals surface area contributed by atoms with E-state index in [1.807, 2.05) is 0 Å². The molecule has 1 aliphatic rings. The zero-order valence-corrected chi connectivity index (χ0v) is 7.95. The number of fused-ring (bicyclic) bond motifs is 1. The van der Waals surface area contributed by atoms with Crippen LogP contribution in [0, 0.1) is 0 Å². The summed E-state index contributed by atoms with van der Waals surface area (Å²) in [6.45, 7) is 0. The molecule has 16 heavy (non-hydrogen) atoms. The van der Waals surface area contributed by atoms with Crippen LogP contribution in [0.3, 0.4) is 0 Å². The predicted octanol–water partition coefficient (Wildman–Crippen LogP) is -0.405. The van der Waals surface area contributed by atoms with Crippen LogP contribution < -0.4 is 0 Å². The van der Waals surface area contributed by atoms with Gasteiger partial charge >= 0.3 is 41.5 Å². The van der Waals surface area contributed by atoms with Crippen molar-refractivity contribution in [1.29, 1.82) is 0 Å². The predicted molar refractivity (Wildman–Crippen MR) is 53.2 cm³/mol. The SMILES string of the molecule is O=C1OC(=O)c2cc(S(=O)(=O)O)ccc21.[NaH]. The van der Waals surface area contributed by atoms with Crippen molar-refractivity contribution < 1.29 is 27.3 Å². The Morgan fingerprint density at radius 3 is 2.19 bits per heavy atom. The Balaban J connectivity index is 0.00000128. The van der Waals surface area contributed by atoms with Crippen molar-refractivity contribution in [3.8, 4) is 0 Å². The molecule has 0 aromatic heterocycles. The summed E-state index contributed by atoms with van der Waals surface area (Å²) in [6, 6.07) is 3.04. The van der Waals surface area contributed by atoms with Crippen molar-refractivity contribution in [3.05, 3.63) is 29.3 Å². The summed E-state index contributed by atoms with van der Waals surface area (Å²) in [4.78, 5) is 21.6. The molecule has 80 valence electrons. The third-order valence-electron chi connectivity index (χ3n) is 1.91. The fourth-order valence-corrected chi connectivity index (χ4v) is 1.73. The molecule has 8 heteroatoms. The summed E-state index contributed by atoms with van der Waals surface area (Å²) < 4.78 is 34.4. The van der Waals surface area contributed by atoms with E-state index in [-0.39, 0.29) is 40.7 Å². The molecule has 0 bridgehead atoms. The van der Waals surface area contributed by atoms with E-state index in [1.165, 1.54) is 0 Å². The van der Waals surface area contributed by atoms with Crippen LogP contribution in [0.25, 0.3) is 0 Å². The molecule has 6 nitrogen and oxygen atoms in total. The van der Waals surface area contributed by atoms with Crippen LogP contribution in [-0.2, 0) is 14.9 Å². The molecule has 0 spiro atoms. The second-order valence-electron chi connectivity index (χ2n) is 2.86. The number of benzene rings is 1. The molecule has 1 heterocycles. The molecular formula is C8H5NaO6S. The summed E-state index contributed by atoms with van der Waals surface area (Å²) >= 11 is 0. The van der Waals surface area contributed by atoms with Crippen LogP contribution in [0.2, 0.25) is 0 Å². The average Bonchev–Trinajstić information content (AvgIpc) is 2.41. The maximum atomic E-state index is 11.0. The molecule has 0 aliphatic carbocycles. The number of carbonyl (C=O) groups is 2. The van der Waals surface area contributed by atoms with Crippen molar-refractivity contribution in [3.63, 3.8) is 0 Å². The second kappa shape index (κ2) is 4.27. The first kappa shape index (κ1) is 13.3. The van der Waals surface area contributed by atoms with Gasteiger partial charge in [0.05, 0.1) is 16.0 Å². The first-order chi connectivity index (χ1) is 6.89. The minimum absolute atomic E-state index is 0. The molecule has 1 N–H and O–H groups in total. The molecular weight excluding hydrogens is 247 g/mol. The standard InChI is InChI=1S/C8H4O6S.Na.H/c9-7-5-2-1-4(15(11,12)13)3-6(5)8(10)14-7;;/h1-3H,(H,11,12,13);;. The van der Waals surface area contributed by atoms with Crippen LogP contribution in [0.4, 0.5) is 0 Å². The summed E-state index contributed by atoms with van der Waals surface area (Å²) in [6.07, 6.45) is 0. The van der Waals surface area contributed by atoms with Gasteiger partial charge in [-0.05, 0) is 18.2 Å². The zero-order chi connectivity index (χ0) is 11.2. The first-order valence-corrected chi connectivity index (χ1v) is 5.21.